The van der Waals surface area contributed by atoms with Gasteiger partial charge in [0.1, 0.15) is 0 Å². The van der Waals surface area contributed by atoms with E-state index in [0.717, 1.165) is 23.2 Å². The number of rotatable bonds is 12. The van der Waals surface area contributed by atoms with Gasteiger partial charge in [0.05, 0.1) is 24.7 Å². The molecule has 0 bridgehead atoms. The quantitative estimate of drug-likeness (QED) is 0.170. The van der Waals surface area contributed by atoms with Crippen LogP contribution >= 0.6 is 11.6 Å². The highest BCUT2D eigenvalue weighted by Crippen LogP contribution is 2.35. The normalized spacial score (nSPS) is 13.9. The highest BCUT2D eigenvalue weighted by molar-refractivity contribution is 6.30. The van der Waals surface area contributed by atoms with Crippen molar-refractivity contribution >= 4 is 40.7 Å². The average Bonchev–Trinajstić information content (AvgIpc) is 3.35. The van der Waals surface area contributed by atoms with Gasteiger partial charge in [0.15, 0.2) is 11.9 Å². The van der Waals surface area contributed by atoms with Crippen LogP contribution in [0.25, 0.3) is 5.70 Å². The van der Waals surface area contributed by atoms with E-state index in [1.54, 1.807) is 20.0 Å². The predicted octanol–water partition coefficient (Wildman–Crippen LogP) is 5.64. The molecule has 0 radical (unpaired) electrons. The van der Waals surface area contributed by atoms with Gasteiger partial charge in [-0.25, -0.2) is 14.6 Å². The summed E-state index contributed by atoms with van der Waals surface area (Å²) >= 11 is 5.93. The molecule has 1 atom stereocenters. The summed E-state index contributed by atoms with van der Waals surface area (Å²) in [6.45, 7) is 3.99. The van der Waals surface area contributed by atoms with Crippen LogP contribution in [0, 0.1) is 5.41 Å². The van der Waals surface area contributed by atoms with Crippen LogP contribution in [0.1, 0.15) is 31.4 Å². The molecule has 1 aromatic heterocycles. The number of carboxylic acids is 1. The Kier molecular flexibility index (Phi) is 9.22. The fourth-order valence-corrected chi connectivity index (χ4v) is 4.49. The van der Waals surface area contributed by atoms with E-state index in [-0.39, 0.29) is 13.2 Å². The van der Waals surface area contributed by atoms with Crippen molar-refractivity contribution in [3.8, 4) is 0 Å². The van der Waals surface area contributed by atoms with Crippen LogP contribution in [-0.2, 0) is 25.5 Å². The Hall–Kier alpha value is -3.88. The van der Waals surface area contributed by atoms with Gasteiger partial charge in [-0.3, -0.25) is 0 Å². The number of ether oxygens (including phenoxy) is 2. The summed E-state index contributed by atoms with van der Waals surface area (Å²) in [4.78, 5) is 31.4. The number of aliphatic carboxylic acids is 1. The van der Waals surface area contributed by atoms with Crippen LogP contribution in [-0.4, -0.2) is 48.0 Å². The van der Waals surface area contributed by atoms with Crippen molar-refractivity contribution in [1.82, 2.24) is 4.98 Å². The van der Waals surface area contributed by atoms with Gasteiger partial charge in [0.2, 0.25) is 0 Å². The maximum absolute atomic E-state index is 13.0. The van der Waals surface area contributed by atoms with E-state index in [1.807, 2.05) is 71.6 Å². The molecule has 4 rings (SSSR count). The second-order valence-electron chi connectivity index (χ2n) is 9.95. The lowest BCUT2D eigenvalue weighted by Gasteiger charge is -2.30. The zero-order valence-corrected chi connectivity index (χ0v) is 22.7. The number of hydrogen-bond acceptors (Lipinski definition) is 7. The molecule has 9 heteroatoms. The van der Waals surface area contributed by atoms with Crippen LogP contribution < -0.4 is 10.2 Å². The number of aromatic nitrogens is 1. The van der Waals surface area contributed by atoms with Crippen LogP contribution in [0.2, 0.25) is 5.02 Å². The zero-order chi connectivity index (χ0) is 27.8. The molecule has 0 spiro atoms. The number of esters is 1. The second kappa shape index (κ2) is 12.8. The lowest BCUT2D eigenvalue weighted by molar-refractivity contribution is -0.166. The van der Waals surface area contributed by atoms with Crippen molar-refractivity contribution in [2.75, 3.05) is 30.1 Å². The third-order valence-corrected chi connectivity index (χ3v) is 6.66. The molecular formula is C30H32ClN3O5. The lowest BCUT2D eigenvalue weighted by atomic mass is 9.87. The van der Waals surface area contributed by atoms with Gasteiger partial charge in [-0.1, -0.05) is 67.9 Å². The zero-order valence-electron chi connectivity index (χ0n) is 22.0. The summed E-state index contributed by atoms with van der Waals surface area (Å²) < 4.78 is 11.3. The monoisotopic (exact) mass is 549 g/mol. The maximum Gasteiger partial charge on any atom is 0.333 e. The van der Waals surface area contributed by atoms with E-state index < -0.39 is 23.5 Å². The molecule has 0 saturated heterocycles. The minimum atomic E-state index is -1.15. The number of aryl methyl sites for hydroxylation is 1. The number of carbonyl (C=O) groups excluding carboxylic acids is 1. The van der Waals surface area contributed by atoms with Gasteiger partial charge in [-0.15, -0.1) is 0 Å². The predicted molar refractivity (Wildman–Crippen MR) is 152 cm³/mol. The molecule has 39 heavy (non-hydrogen) atoms. The van der Waals surface area contributed by atoms with E-state index in [9.17, 15) is 14.7 Å². The SMILES string of the molecule is CC(C)(COC(=O)/C=C(/c1ccccc1)N1CNc2cccnc21)C(OCCCc1ccc(Cl)cc1)C(=O)O. The van der Waals surface area contributed by atoms with Gasteiger partial charge < -0.3 is 24.8 Å². The van der Waals surface area contributed by atoms with Crippen LogP contribution in [0.3, 0.4) is 0 Å². The summed E-state index contributed by atoms with van der Waals surface area (Å²) in [7, 11) is 0. The number of hydrogen-bond donors (Lipinski definition) is 2. The molecule has 204 valence electrons. The number of nitrogens with zero attached hydrogens (tertiary/aromatic N) is 2. The molecule has 0 saturated carbocycles. The first-order valence-corrected chi connectivity index (χ1v) is 13.1. The molecular weight excluding hydrogens is 518 g/mol. The Morgan fingerprint density at radius 1 is 1.13 bits per heavy atom. The molecule has 1 aliphatic rings. The Morgan fingerprint density at radius 3 is 2.59 bits per heavy atom. The summed E-state index contributed by atoms with van der Waals surface area (Å²) in [6, 6.07) is 20.8. The number of carbonyl (C=O) groups is 2. The highest BCUT2D eigenvalue weighted by atomic mass is 35.5. The summed E-state index contributed by atoms with van der Waals surface area (Å²) in [5.74, 6) is -0.981. The van der Waals surface area contributed by atoms with E-state index in [4.69, 9.17) is 21.1 Å². The molecule has 1 unspecified atom stereocenters. The van der Waals surface area contributed by atoms with E-state index in [2.05, 4.69) is 10.3 Å². The topological polar surface area (TPSA) is 101 Å². The van der Waals surface area contributed by atoms with Crippen LogP contribution in [0.5, 0.6) is 0 Å². The fourth-order valence-electron chi connectivity index (χ4n) is 4.36. The number of pyridine rings is 1. The molecule has 8 nitrogen and oxygen atoms in total. The van der Waals surface area contributed by atoms with Crippen molar-refractivity contribution < 1.29 is 24.2 Å². The van der Waals surface area contributed by atoms with Crippen molar-refractivity contribution in [2.24, 2.45) is 5.41 Å². The number of benzene rings is 2. The molecule has 1 aliphatic heterocycles. The fraction of sp³-hybridized carbons (Fsp3) is 0.300. The smallest absolute Gasteiger partial charge is 0.333 e. The number of anilines is 2. The summed E-state index contributed by atoms with van der Waals surface area (Å²) in [5.41, 5.74) is 2.44. The number of carboxylic acid groups (broad SMARTS) is 1. The van der Waals surface area contributed by atoms with Crippen LogP contribution in [0.15, 0.2) is 79.0 Å². The largest absolute Gasteiger partial charge is 0.479 e. The third kappa shape index (κ3) is 7.37. The molecule has 0 amide bonds. The first-order valence-electron chi connectivity index (χ1n) is 12.7. The Labute approximate surface area is 233 Å². The highest BCUT2D eigenvalue weighted by Gasteiger charge is 2.37. The molecule has 3 aromatic rings. The summed E-state index contributed by atoms with van der Waals surface area (Å²) in [5, 5.41) is 13.8. The Balaban J connectivity index is 1.40. The van der Waals surface area contributed by atoms with Crippen molar-refractivity contribution in [3.63, 3.8) is 0 Å². The third-order valence-electron chi connectivity index (χ3n) is 6.41. The first kappa shape index (κ1) is 28.1. The van der Waals surface area contributed by atoms with Crippen molar-refractivity contribution in [3.05, 3.63) is 95.2 Å². The van der Waals surface area contributed by atoms with Crippen LogP contribution in [0.4, 0.5) is 11.5 Å². The minimum absolute atomic E-state index is 0.133. The first-order chi connectivity index (χ1) is 18.7. The van der Waals surface area contributed by atoms with Gasteiger partial charge in [-0.05, 0) is 48.2 Å². The van der Waals surface area contributed by atoms with E-state index in [1.165, 1.54) is 6.08 Å². The van der Waals surface area contributed by atoms with Gasteiger partial charge in [-0.2, -0.15) is 0 Å². The van der Waals surface area contributed by atoms with Gasteiger partial charge in [0.25, 0.3) is 0 Å². The molecule has 2 N–H and O–H groups in total. The summed E-state index contributed by atoms with van der Waals surface area (Å²) in [6.07, 6.45) is 3.34. The number of halogens is 1. The van der Waals surface area contributed by atoms with Gasteiger partial charge in [0, 0.05) is 29.3 Å². The number of fused-ring (bicyclic) bond motifs is 1. The van der Waals surface area contributed by atoms with E-state index in [0.29, 0.717) is 29.6 Å². The van der Waals surface area contributed by atoms with Crippen molar-refractivity contribution in [2.45, 2.75) is 32.8 Å². The Morgan fingerprint density at radius 2 is 1.87 bits per heavy atom. The average molecular weight is 550 g/mol. The number of nitrogens with one attached hydrogen (secondary N) is 1. The standard InChI is InChI=1S/C30H32ClN3O5/c1-30(2,27(29(36)37)38-17-7-8-21-12-14-23(31)15-13-21)19-39-26(35)18-25(22-9-4-3-5-10-22)34-20-33-24-11-6-16-32-28(24)34/h3-6,9-16,18,27,33H,7-8,17,19-20H2,1-2H3,(H,36,37)/b25-18-. The minimum Gasteiger partial charge on any atom is -0.479 e. The van der Waals surface area contributed by atoms with E-state index >= 15 is 0 Å². The molecule has 2 heterocycles. The van der Waals surface area contributed by atoms with Gasteiger partial charge >= 0.3 is 11.9 Å². The molecule has 2 aromatic carbocycles. The maximum atomic E-state index is 13.0. The second-order valence-corrected chi connectivity index (χ2v) is 10.4. The van der Waals surface area contributed by atoms with Crippen molar-refractivity contribution in [1.29, 1.82) is 0 Å². The molecule has 0 aliphatic carbocycles. The molecule has 0 fully saturated rings. The lowest BCUT2D eigenvalue weighted by Crippen LogP contribution is -2.42. The Bertz CT molecular complexity index is 1310.